The van der Waals surface area contributed by atoms with Gasteiger partial charge in [0.05, 0.1) is 19.9 Å². The predicted molar refractivity (Wildman–Crippen MR) is 114 cm³/mol. The molecule has 1 aliphatic heterocycles. The molecule has 0 bridgehead atoms. The summed E-state index contributed by atoms with van der Waals surface area (Å²) in [5.41, 5.74) is 4.62. The third-order valence-electron chi connectivity index (χ3n) is 4.81. The van der Waals surface area contributed by atoms with Gasteiger partial charge in [-0.05, 0) is 48.2 Å². The highest BCUT2D eigenvalue weighted by atomic mass is 32.2. The van der Waals surface area contributed by atoms with Crippen LogP contribution in [-0.2, 0) is 12.8 Å². The summed E-state index contributed by atoms with van der Waals surface area (Å²) in [4.78, 5) is 1.28. The molecule has 2 heterocycles. The second kappa shape index (κ2) is 8.52. The van der Waals surface area contributed by atoms with Gasteiger partial charge < -0.3 is 14.8 Å². The molecule has 0 atom stereocenters. The maximum Gasteiger partial charge on any atom is 0.160 e. The van der Waals surface area contributed by atoms with Crippen LogP contribution >= 0.6 is 11.8 Å². The first-order valence-corrected chi connectivity index (χ1v) is 10.3. The Kier molecular flexibility index (Phi) is 5.67. The second-order valence-corrected chi connectivity index (χ2v) is 7.70. The van der Waals surface area contributed by atoms with Crippen LogP contribution in [0.2, 0.25) is 0 Å². The van der Waals surface area contributed by atoms with Crippen molar-refractivity contribution in [2.45, 2.75) is 17.7 Å². The van der Waals surface area contributed by atoms with Crippen molar-refractivity contribution >= 4 is 17.6 Å². The molecule has 0 fully saturated rings. The number of hydrogen-bond donors (Lipinski definition) is 1. The molecular formula is C22H23N3O2S. The minimum absolute atomic E-state index is 0.744. The van der Waals surface area contributed by atoms with Crippen molar-refractivity contribution in [3.8, 4) is 22.8 Å². The van der Waals surface area contributed by atoms with Crippen molar-refractivity contribution in [3.05, 3.63) is 59.7 Å². The Morgan fingerprint density at radius 2 is 1.86 bits per heavy atom. The lowest BCUT2D eigenvalue weighted by atomic mass is 10.0. The van der Waals surface area contributed by atoms with Crippen LogP contribution in [0.4, 0.5) is 5.82 Å². The number of aromatic nitrogens is 2. The van der Waals surface area contributed by atoms with Gasteiger partial charge in [-0.2, -0.15) is 0 Å². The number of rotatable bonds is 6. The number of methoxy groups -OCH3 is 2. The second-order valence-electron chi connectivity index (χ2n) is 6.56. The molecule has 1 aromatic heterocycles. The molecule has 2 aromatic carbocycles. The standard InChI is InChI=1S/C22H23N3O2S/c1-26-18-8-7-15(13-19(18)27-2)9-11-23-21-14-16-10-12-28-20-6-4-3-5-17(20)22(16)25-24-21/h3-8,13-14H,9-12H2,1-2H3,(H,23,24). The maximum absolute atomic E-state index is 5.37. The third-order valence-corrected chi connectivity index (χ3v) is 5.89. The Balaban J connectivity index is 1.45. The molecule has 1 N–H and O–H groups in total. The van der Waals surface area contributed by atoms with Gasteiger partial charge in [-0.25, -0.2) is 0 Å². The molecule has 0 radical (unpaired) electrons. The quantitative estimate of drug-likeness (QED) is 0.667. The molecule has 6 heteroatoms. The SMILES string of the molecule is COc1ccc(CCNc2cc3c(nn2)-c2ccccc2SCC3)cc1OC. The number of nitrogens with zero attached hydrogens (tertiary/aromatic N) is 2. The monoisotopic (exact) mass is 393 g/mol. The Morgan fingerprint density at radius 3 is 2.71 bits per heavy atom. The van der Waals surface area contributed by atoms with E-state index in [4.69, 9.17) is 9.47 Å². The Morgan fingerprint density at radius 1 is 1.00 bits per heavy atom. The van der Waals surface area contributed by atoms with Gasteiger partial charge in [-0.15, -0.1) is 22.0 Å². The lowest BCUT2D eigenvalue weighted by molar-refractivity contribution is 0.354. The highest BCUT2D eigenvalue weighted by Gasteiger charge is 2.17. The average Bonchev–Trinajstić information content (AvgIpc) is 2.92. The van der Waals surface area contributed by atoms with Gasteiger partial charge in [0, 0.05) is 22.8 Å². The zero-order valence-corrected chi connectivity index (χ0v) is 16.9. The van der Waals surface area contributed by atoms with Crippen molar-refractivity contribution in [2.75, 3.05) is 31.8 Å². The molecule has 4 rings (SSSR count). The van der Waals surface area contributed by atoms with Crippen LogP contribution in [-0.4, -0.2) is 36.7 Å². The fourth-order valence-electron chi connectivity index (χ4n) is 3.36. The minimum atomic E-state index is 0.744. The van der Waals surface area contributed by atoms with Crippen LogP contribution in [0.5, 0.6) is 11.5 Å². The van der Waals surface area contributed by atoms with E-state index in [2.05, 4.69) is 51.9 Å². The molecule has 0 aliphatic carbocycles. The Bertz CT molecular complexity index is 978. The van der Waals surface area contributed by atoms with Crippen LogP contribution in [0.15, 0.2) is 53.4 Å². The summed E-state index contributed by atoms with van der Waals surface area (Å²) in [5, 5.41) is 12.3. The van der Waals surface area contributed by atoms with Gasteiger partial charge in [0.15, 0.2) is 11.5 Å². The van der Waals surface area contributed by atoms with Gasteiger partial charge in [0.1, 0.15) is 5.82 Å². The zero-order chi connectivity index (χ0) is 19.3. The number of fused-ring (bicyclic) bond motifs is 3. The topological polar surface area (TPSA) is 56.3 Å². The first-order chi connectivity index (χ1) is 13.8. The van der Waals surface area contributed by atoms with Gasteiger partial charge >= 0.3 is 0 Å². The predicted octanol–water partition coefficient (Wildman–Crippen LogP) is 4.46. The van der Waals surface area contributed by atoms with Gasteiger partial charge in [-0.3, -0.25) is 0 Å². The lowest BCUT2D eigenvalue weighted by Gasteiger charge is -2.11. The fourth-order valence-corrected chi connectivity index (χ4v) is 4.40. The first kappa shape index (κ1) is 18.6. The molecule has 3 aromatic rings. The van der Waals surface area contributed by atoms with Gasteiger partial charge in [0.25, 0.3) is 0 Å². The van der Waals surface area contributed by atoms with Crippen LogP contribution < -0.4 is 14.8 Å². The number of nitrogens with one attached hydrogen (secondary N) is 1. The average molecular weight is 394 g/mol. The van der Waals surface area contributed by atoms with Crippen LogP contribution in [0.1, 0.15) is 11.1 Å². The summed E-state index contributed by atoms with van der Waals surface area (Å²) in [7, 11) is 3.30. The Labute approximate surface area is 169 Å². The Hall–Kier alpha value is -2.73. The summed E-state index contributed by atoms with van der Waals surface area (Å²) in [6, 6.07) is 16.6. The van der Waals surface area contributed by atoms with Gasteiger partial charge in [0.2, 0.25) is 0 Å². The molecule has 1 aliphatic rings. The van der Waals surface area contributed by atoms with Crippen molar-refractivity contribution in [3.63, 3.8) is 0 Å². The zero-order valence-electron chi connectivity index (χ0n) is 16.1. The number of anilines is 1. The fraction of sp³-hybridized carbons (Fsp3) is 0.273. The minimum Gasteiger partial charge on any atom is -0.493 e. The summed E-state index contributed by atoms with van der Waals surface area (Å²) in [6.07, 6.45) is 1.85. The van der Waals surface area contributed by atoms with E-state index in [0.717, 1.165) is 48.2 Å². The normalized spacial score (nSPS) is 12.5. The smallest absolute Gasteiger partial charge is 0.160 e. The third kappa shape index (κ3) is 3.92. The van der Waals surface area contributed by atoms with E-state index in [-0.39, 0.29) is 0 Å². The van der Waals surface area contributed by atoms with E-state index in [1.54, 1.807) is 14.2 Å². The molecule has 0 saturated heterocycles. The van der Waals surface area contributed by atoms with E-state index in [1.807, 2.05) is 23.9 Å². The molecule has 0 unspecified atom stereocenters. The number of benzene rings is 2. The molecular weight excluding hydrogens is 370 g/mol. The van der Waals surface area contributed by atoms with E-state index >= 15 is 0 Å². The molecule has 0 saturated carbocycles. The van der Waals surface area contributed by atoms with Crippen molar-refractivity contribution in [1.82, 2.24) is 10.2 Å². The maximum atomic E-state index is 5.37. The van der Waals surface area contributed by atoms with E-state index in [9.17, 15) is 0 Å². The first-order valence-electron chi connectivity index (χ1n) is 9.32. The van der Waals surface area contributed by atoms with E-state index in [1.165, 1.54) is 21.6 Å². The summed E-state index contributed by atoms with van der Waals surface area (Å²) >= 11 is 1.88. The highest BCUT2D eigenvalue weighted by molar-refractivity contribution is 7.99. The van der Waals surface area contributed by atoms with Crippen molar-refractivity contribution in [2.24, 2.45) is 0 Å². The molecule has 0 spiro atoms. The summed E-state index contributed by atoms with van der Waals surface area (Å²) in [5.74, 6) is 3.37. The van der Waals surface area contributed by atoms with Crippen molar-refractivity contribution in [1.29, 1.82) is 0 Å². The summed E-state index contributed by atoms with van der Waals surface area (Å²) < 4.78 is 10.7. The number of hydrogen-bond acceptors (Lipinski definition) is 6. The summed E-state index contributed by atoms with van der Waals surface area (Å²) in [6.45, 7) is 0.772. The van der Waals surface area contributed by atoms with E-state index in [0.29, 0.717) is 0 Å². The largest absolute Gasteiger partial charge is 0.493 e. The highest BCUT2D eigenvalue weighted by Crippen LogP contribution is 2.36. The van der Waals surface area contributed by atoms with Gasteiger partial charge in [-0.1, -0.05) is 24.3 Å². The lowest BCUT2D eigenvalue weighted by Crippen LogP contribution is -2.08. The van der Waals surface area contributed by atoms with Crippen molar-refractivity contribution < 1.29 is 9.47 Å². The molecule has 0 amide bonds. The van der Waals surface area contributed by atoms with Crippen LogP contribution in [0.3, 0.4) is 0 Å². The number of aryl methyl sites for hydroxylation is 1. The van der Waals surface area contributed by atoms with Crippen LogP contribution in [0.25, 0.3) is 11.3 Å². The van der Waals surface area contributed by atoms with Crippen LogP contribution in [0, 0.1) is 0 Å². The molecule has 144 valence electrons. The molecule has 28 heavy (non-hydrogen) atoms. The molecule has 5 nitrogen and oxygen atoms in total. The number of ether oxygens (including phenoxy) is 2. The number of thioether (sulfide) groups is 1. The van der Waals surface area contributed by atoms with E-state index < -0.39 is 0 Å².